The van der Waals surface area contributed by atoms with Gasteiger partial charge in [0.05, 0.1) is 24.2 Å². The van der Waals surface area contributed by atoms with Crippen molar-refractivity contribution in [3.63, 3.8) is 0 Å². The smallest absolute Gasteiger partial charge is 0.344 e. The molecule has 33 heavy (non-hydrogen) atoms. The first kappa shape index (κ1) is 21.2. The van der Waals surface area contributed by atoms with Crippen molar-refractivity contribution >= 4 is 33.3 Å². The Hall–Kier alpha value is -3.70. The first-order valence-corrected chi connectivity index (χ1v) is 11.4. The first-order valence-electron chi connectivity index (χ1n) is 10.5. The molecule has 0 aliphatic carbocycles. The number of H-pyrrole nitrogens is 1. The van der Waals surface area contributed by atoms with Crippen LogP contribution in [0.1, 0.15) is 15.9 Å². The number of anilines is 1. The molecule has 0 bridgehead atoms. The van der Waals surface area contributed by atoms with Crippen LogP contribution in [0.4, 0.5) is 5.82 Å². The Labute approximate surface area is 192 Å². The van der Waals surface area contributed by atoms with E-state index < -0.39 is 5.69 Å². The Morgan fingerprint density at radius 2 is 2.09 bits per heavy atom. The second-order valence-electron chi connectivity index (χ2n) is 7.45. The molecule has 0 atom stereocenters. The largest absolute Gasteiger partial charge is 0.378 e. The minimum absolute atomic E-state index is 0.192. The van der Waals surface area contributed by atoms with Gasteiger partial charge < -0.3 is 19.9 Å². The lowest BCUT2D eigenvalue weighted by molar-refractivity contribution is 0.0956. The van der Waals surface area contributed by atoms with Gasteiger partial charge in [-0.2, -0.15) is 0 Å². The standard InChI is InChI=1S/C22H21N7O3S/c30-20(24-6-4-14-11-25-22(31)26-12-14)15-13-33-21-17(15)19(29-7-9-32-10-8-29)27-18(28-21)16-3-1-2-5-23-16/h1-3,5,11-13H,4,6-10H2,(H,24,30)(H,25,26,31). The summed E-state index contributed by atoms with van der Waals surface area (Å²) in [6.07, 6.45) is 5.37. The Balaban J connectivity index is 1.45. The normalized spacial score (nSPS) is 13.9. The van der Waals surface area contributed by atoms with E-state index in [0.717, 1.165) is 21.6 Å². The summed E-state index contributed by atoms with van der Waals surface area (Å²) in [5, 5.41) is 5.52. The van der Waals surface area contributed by atoms with Crippen LogP contribution >= 0.6 is 11.3 Å². The fraction of sp³-hybridized carbons (Fsp3) is 0.273. The van der Waals surface area contributed by atoms with Crippen LogP contribution in [0.25, 0.3) is 21.7 Å². The van der Waals surface area contributed by atoms with Crippen molar-refractivity contribution in [2.24, 2.45) is 0 Å². The van der Waals surface area contributed by atoms with E-state index in [2.05, 4.69) is 25.2 Å². The maximum atomic E-state index is 13.1. The Bertz CT molecular complexity index is 1310. The molecule has 1 saturated heterocycles. The van der Waals surface area contributed by atoms with E-state index in [-0.39, 0.29) is 5.91 Å². The monoisotopic (exact) mass is 463 g/mol. The molecule has 1 aliphatic heterocycles. The van der Waals surface area contributed by atoms with Crippen molar-refractivity contribution in [3.05, 3.63) is 63.8 Å². The van der Waals surface area contributed by atoms with Gasteiger partial charge in [-0.3, -0.25) is 9.78 Å². The minimum atomic E-state index is -0.395. The molecule has 5 heterocycles. The Morgan fingerprint density at radius 3 is 2.85 bits per heavy atom. The number of morpholine rings is 1. The quantitative estimate of drug-likeness (QED) is 0.442. The topological polar surface area (TPSA) is 126 Å². The van der Waals surface area contributed by atoms with E-state index in [1.807, 2.05) is 23.6 Å². The van der Waals surface area contributed by atoms with E-state index in [0.29, 0.717) is 56.4 Å². The maximum absolute atomic E-state index is 13.1. The fourth-order valence-corrected chi connectivity index (χ4v) is 4.54. The number of amides is 1. The van der Waals surface area contributed by atoms with Crippen molar-refractivity contribution in [2.45, 2.75) is 6.42 Å². The van der Waals surface area contributed by atoms with Gasteiger partial charge in [-0.25, -0.2) is 19.7 Å². The zero-order chi connectivity index (χ0) is 22.6. The molecule has 0 aromatic carbocycles. The van der Waals surface area contributed by atoms with Crippen molar-refractivity contribution in [3.8, 4) is 11.5 Å². The fourth-order valence-electron chi connectivity index (χ4n) is 3.63. The average molecular weight is 464 g/mol. The molecule has 4 aromatic rings. The zero-order valence-electron chi connectivity index (χ0n) is 17.7. The van der Waals surface area contributed by atoms with Crippen LogP contribution in [0.2, 0.25) is 0 Å². The molecule has 0 unspecified atom stereocenters. The van der Waals surface area contributed by atoms with Crippen LogP contribution in [0, 0.1) is 0 Å². The number of thiophene rings is 1. The van der Waals surface area contributed by atoms with Gasteiger partial charge in [0.1, 0.15) is 16.3 Å². The lowest BCUT2D eigenvalue weighted by atomic mass is 10.2. The summed E-state index contributed by atoms with van der Waals surface area (Å²) in [6.45, 7) is 2.98. The van der Waals surface area contributed by atoms with Crippen LogP contribution in [0.15, 0.2) is 47.0 Å². The predicted molar refractivity (Wildman–Crippen MR) is 125 cm³/mol. The molecule has 1 amide bonds. The highest BCUT2D eigenvalue weighted by atomic mass is 32.1. The molecule has 0 saturated carbocycles. The van der Waals surface area contributed by atoms with Crippen molar-refractivity contribution in [1.82, 2.24) is 30.2 Å². The number of hydrogen-bond acceptors (Lipinski definition) is 9. The summed E-state index contributed by atoms with van der Waals surface area (Å²) in [4.78, 5) is 47.2. The highest BCUT2D eigenvalue weighted by Gasteiger charge is 2.24. The lowest BCUT2D eigenvalue weighted by Gasteiger charge is -2.28. The van der Waals surface area contributed by atoms with Crippen LogP contribution < -0.4 is 15.9 Å². The minimum Gasteiger partial charge on any atom is -0.378 e. The van der Waals surface area contributed by atoms with Crippen LogP contribution in [0.3, 0.4) is 0 Å². The Morgan fingerprint density at radius 1 is 1.21 bits per heavy atom. The molecule has 168 valence electrons. The van der Waals surface area contributed by atoms with Crippen LogP contribution in [-0.2, 0) is 11.2 Å². The summed E-state index contributed by atoms with van der Waals surface area (Å²) in [5.41, 5.74) is 1.67. The third-order valence-electron chi connectivity index (χ3n) is 5.29. The van der Waals surface area contributed by atoms with Gasteiger partial charge in [0.15, 0.2) is 5.82 Å². The second kappa shape index (κ2) is 9.43. The first-order chi connectivity index (χ1) is 16.2. The SMILES string of the molecule is O=C(NCCc1cnc(=O)[nH]c1)c1csc2nc(-c3ccccn3)nc(N3CCOCC3)c12. The molecule has 5 rings (SSSR count). The maximum Gasteiger partial charge on any atom is 0.344 e. The van der Waals surface area contributed by atoms with E-state index in [1.165, 1.54) is 17.5 Å². The average Bonchev–Trinajstić information content (AvgIpc) is 3.30. The number of hydrogen-bond donors (Lipinski definition) is 2. The predicted octanol–water partition coefficient (Wildman–Crippen LogP) is 1.65. The molecule has 4 aromatic heterocycles. The summed E-state index contributed by atoms with van der Waals surface area (Å²) in [7, 11) is 0. The molecular formula is C22H21N7O3S. The van der Waals surface area contributed by atoms with Gasteiger partial charge in [0.2, 0.25) is 0 Å². The molecule has 0 radical (unpaired) electrons. The number of aromatic amines is 1. The third-order valence-corrected chi connectivity index (χ3v) is 6.16. The Kier molecular flexibility index (Phi) is 6.05. The van der Waals surface area contributed by atoms with Gasteiger partial charge in [-0.05, 0) is 24.1 Å². The highest BCUT2D eigenvalue weighted by Crippen LogP contribution is 2.34. The summed E-state index contributed by atoms with van der Waals surface area (Å²) in [6, 6.07) is 5.62. The number of fused-ring (bicyclic) bond motifs is 1. The summed E-state index contributed by atoms with van der Waals surface area (Å²) in [5.74, 6) is 1.06. The third kappa shape index (κ3) is 4.59. The number of ether oxygens (including phenoxy) is 1. The van der Waals surface area contributed by atoms with Crippen molar-refractivity contribution in [2.75, 3.05) is 37.7 Å². The number of nitrogens with one attached hydrogen (secondary N) is 2. The zero-order valence-corrected chi connectivity index (χ0v) is 18.5. The molecule has 1 fully saturated rings. The summed E-state index contributed by atoms with van der Waals surface area (Å²) >= 11 is 1.41. The molecule has 10 nitrogen and oxygen atoms in total. The van der Waals surface area contributed by atoms with Gasteiger partial charge >= 0.3 is 5.69 Å². The lowest BCUT2D eigenvalue weighted by Crippen LogP contribution is -2.37. The van der Waals surface area contributed by atoms with E-state index in [4.69, 9.17) is 14.7 Å². The van der Waals surface area contributed by atoms with E-state index in [9.17, 15) is 9.59 Å². The molecule has 1 aliphatic rings. The number of pyridine rings is 1. The van der Waals surface area contributed by atoms with Gasteiger partial charge in [0, 0.05) is 43.6 Å². The number of rotatable bonds is 6. The van der Waals surface area contributed by atoms with Crippen LogP contribution in [0.5, 0.6) is 0 Å². The van der Waals surface area contributed by atoms with Crippen molar-refractivity contribution in [1.29, 1.82) is 0 Å². The van der Waals surface area contributed by atoms with E-state index in [1.54, 1.807) is 12.4 Å². The molecule has 2 N–H and O–H groups in total. The van der Waals surface area contributed by atoms with Gasteiger partial charge in [-0.1, -0.05) is 6.07 Å². The number of carbonyl (C=O) groups excluding carboxylic acids is 1. The van der Waals surface area contributed by atoms with Crippen LogP contribution in [-0.4, -0.2) is 63.7 Å². The van der Waals surface area contributed by atoms with Gasteiger partial charge in [0.25, 0.3) is 5.91 Å². The number of carbonyl (C=O) groups is 1. The molecular weight excluding hydrogens is 442 g/mol. The van der Waals surface area contributed by atoms with Crippen molar-refractivity contribution < 1.29 is 9.53 Å². The molecule has 0 spiro atoms. The van der Waals surface area contributed by atoms with E-state index >= 15 is 0 Å². The second-order valence-corrected chi connectivity index (χ2v) is 8.31. The number of aromatic nitrogens is 5. The summed E-state index contributed by atoms with van der Waals surface area (Å²) < 4.78 is 5.51. The number of nitrogens with zero attached hydrogens (tertiary/aromatic N) is 5. The highest BCUT2D eigenvalue weighted by molar-refractivity contribution is 7.17. The molecule has 11 heteroatoms. The van der Waals surface area contributed by atoms with Gasteiger partial charge in [-0.15, -0.1) is 11.3 Å².